The summed E-state index contributed by atoms with van der Waals surface area (Å²) in [5, 5.41) is 1.32. The highest BCUT2D eigenvalue weighted by molar-refractivity contribution is 6.88. The van der Waals surface area contributed by atoms with E-state index in [0.717, 1.165) is 11.6 Å². The minimum absolute atomic E-state index is 0.119. The van der Waals surface area contributed by atoms with Crippen LogP contribution in [0, 0.1) is 5.95 Å². The Balaban J connectivity index is 1.91. The van der Waals surface area contributed by atoms with Gasteiger partial charge >= 0.3 is 0 Å². The Kier molecular flexibility index (Phi) is 7.43. The molecule has 1 amide bonds. The van der Waals surface area contributed by atoms with E-state index in [0.29, 0.717) is 11.3 Å². The van der Waals surface area contributed by atoms with Crippen LogP contribution >= 0.6 is 0 Å². The van der Waals surface area contributed by atoms with Crippen molar-refractivity contribution < 1.29 is 18.7 Å². The molecule has 0 N–H and O–H groups in total. The normalized spacial score (nSPS) is 12.2. The lowest BCUT2D eigenvalue weighted by atomic mass is 9.96. The van der Waals surface area contributed by atoms with Crippen molar-refractivity contribution in [2.45, 2.75) is 32.1 Å². The molecule has 0 aliphatic carbocycles. The van der Waals surface area contributed by atoms with Crippen molar-refractivity contribution in [3.05, 3.63) is 89.5 Å². The number of halogens is 1. The summed E-state index contributed by atoms with van der Waals surface area (Å²) in [7, 11) is 1.71. The highest BCUT2D eigenvalue weighted by atomic mass is 28.3. The molecule has 0 saturated carbocycles. The van der Waals surface area contributed by atoms with Crippen LogP contribution in [-0.4, -0.2) is 43.8 Å². The van der Waals surface area contributed by atoms with E-state index >= 15 is 0 Å². The van der Waals surface area contributed by atoms with E-state index in [-0.39, 0.29) is 17.8 Å². The Labute approximate surface area is 195 Å². The second-order valence-electron chi connectivity index (χ2n) is 9.05. The van der Waals surface area contributed by atoms with Gasteiger partial charge in [0.1, 0.15) is 11.8 Å². The smallest absolute Gasteiger partial charge is 0.256 e. The number of methoxy groups -OCH3 is 1. The van der Waals surface area contributed by atoms with Crippen molar-refractivity contribution in [3.8, 4) is 5.75 Å². The number of hydrogen-bond acceptors (Lipinski definition) is 4. The maximum Gasteiger partial charge on any atom is 0.256 e. The molecule has 0 aliphatic rings. The van der Waals surface area contributed by atoms with E-state index in [1.54, 1.807) is 38.4 Å². The number of likely N-dealkylation sites (N-methyl/N-ethyl adjacent to an activating group) is 1. The molecule has 0 saturated heterocycles. The summed E-state index contributed by atoms with van der Waals surface area (Å²) in [5.41, 5.74) is 1.78. The molecule has 3 rings (SSSR count). The van der Waals surface area contributed by atoms with Gasteiger partial charge in [0.25, 0.3) is 5.91 Å². The zero-order valence-electron chi connectivity index (χ0n) is 19.6. The molecule has 0 spiro atoms. The number of hydrogen-bond donors (Lipinski definition) is 0. The fraction of sp³-hybridized carbons (Fsp3) is 0.269. The van der Waals surface area contributed by atoms with Crippen LogP contribution in [0.3, 0.4) is 0 Å². The molecule has 1 heterocycles. The molecule has 0 fully saturated rings. The maximum atomic E-state index is 13.5. The van der Waals surface area contributed by atoms with Crippen LogP contribution in [0.15, 0.2) is 66.9 Å². The lowest BCUT2D eigenvalue weighted by Crippen LogP contribution is -2.38. The van der Waals surface area contributed by atoms with Gasteiger partial charge in [0.05, 0.1) is 20.7 Å². The lowest BCUT2D eigenvalue weighted by Gasteiger charge is -2.28. The quantitative estimate of drug-likeness (QED) is 0.366. The molecular weight excluding hydrogens is 435 g/mol. The predicted molar refractivity (Wildman–Crippen MR) is 130 cm³/mol. The Morgan fingerprint density at radius 2 is 1.64 bits per heavy atom. The third kappa shape index (κ3) is 5.93. The number of pyridine rings is 1. The second kappa shape index (κ2) is 10.1. The monoisotopic (exact) mass is 464 g/mol. The number of nitrogens with zero attached hydrogens (tertiary/aromatic N) is 2. The van der Waals surface area contributed by atoms with Gasteiger partial charge in [-0.15, -0.1) is 0 Å². The number of carbonyl (C=O) groups is 2. The molecule has 2 aromatic carbocycles. The molecular formula is C26H29FN2O3Si. The van der Waals surface area contributed by atoms with Gasteiger partial charge in [-0.1, -0.05) is 61.2 Å². The highest BCUT2D eigenvalue weighted by Gasteiger charge is 2.29. The van der Waals surface area contributed by atoms with E-state index < -0.39 is 26.0 Å². The SMILES string of the molecule is COc1ccc(C(C(=O)Cc2ccc([Si](C)(C)C)cc2)N(C)C(=O)c2ccc(F)nc2)cc1. The number of benzene rings is 2. The summed E-state index contributed by atoms with van der Waals surface area (Å²) >= 11 is 0. The number of aromatic nitrogens is 1. The van der Waals surface area contributed by atoms with Gasteiger partial charge in [0.15, 0.2) is 5.78 Å². The van der Waals surface area contributed by atoms with Crippen LogP contribution in [0.4, 0.5) is 4.39 Å². The Hall–Kier alpha value is -3.32. The average molecular weight is 465 g/mol. The standard InChI is InChI=1S/C26H29FN2O3Si/c1-29(26(31)20-10-15-24(27)28-17-20)25(19-8-11-21(32-2)12-9-19)23(30)16-18-6-13-22(14-7-18)33(3,4)5/h6-15,17,25H,16H2,1-5H3. The Morgan fingerprint density at radius 1 is 1.00 bits per heavy atom. The Bertz CT molecular complexity index is 1110. The topological polar surface area (TPSA) is 59.5 Å². The molecule has 5 nitrogen and oxygen atoms in total. The Morgan fingerprint density at radius 3 is 2.15 bits per heavy atom. The molecule has 0 radical (unpaired) electrons. The number of Topliss-reactive ketones (excluding diaryl/α,β-unsaturated/α-hetero) is 1. The van der Waals surface area contributed by atoms with Crippen molar-refractivity contribution in [1.82, 2.24) is 9.88 Å². The zero-order chi connectivity index (χ0) is 24.2. The molecule has 1 atom stereocenters. The van der Waals surface area contributed by atoms with Crippen LogP contribution in [0.1, 0.15) is 27.5 Å². The minimum Gasteiger partial charge on any atom is -0.497 e. The first-order chi connectivity index (χ1) is 15.6. The van der Waals surface area contributed by atoms with Crippen molar-refractivity contribution in [2.75, 3.05) is 14.2 Å². The van der Waals surface area contributed by atoms with Crippen LogP contribution in [0.25, 0.3) is 0 Å². The molecule has 0 bridgehead atoms. The van der Waals surface area contributed by atoms with Gasteiger partial charge in [-0.25, -0.2) is 4.98 Å². The van der Waals surface area contributed by atoms with Crippen LogP contribution in [0.2, 0.25) is 19.6 Å². The van der Waals surface area contributed by atoms with Crippen LogP contribution in [0.5, 0.6) is 5.75 Å². The average Bonchev–Trinajstić information content (AvgIpc) is 2.79. The fourth-order valence-corrected chi connectivity index (χ4v) is 4.82. The third-order valence-corrected chi connectivity index (χ3v) is 7.68. The summed E-state index contributed by atoms with van der Waals surface area (Å²) in [4.78, 5) is 31.5. The van der Waals surface area contributed by atoms with E-state index in [1.807, 2.05) is 12.1 Å². The summed E-state index contributed by atoms with van der Waals surface area (Å²) in [6.45, 7) is 6.83. The predicted octanol–water partition coefficient (Wildman–Crippen LogP) is 4.40. The lowest BCUT2D eigenvalue weighted by molar-refractivity contribution is -0.122. The van der Waals surface area contributed by atoms with Crippen molar-refractivity contribution in [1.29, 1.82) is 0 Å². The molecule has 33 heavy (non-hydrogen) atoms. The van der Waals surface area contributed by atoms with Gasteiger partial charge in [0.2, 0.25) is 5.95 Å². The van der Waals surface area contributed by atoms with E-state index in [2.05, 4.69) is 36.8 Å². The minimum atomic E-state index is -1.44. The van der Waals surface area contributed by atoms with Gasteiger partial charge in [0, 0.05) is 19.7 Å². The number of carbonyl (C=O) groups excluding carboxylic acids is 2. The largest absolute Gasteiger partial charge is 0.497 e. The van der Waals surface area contributed by atoms with E-state index in [4.69, 9.17) is 4.74 Å². The number of rotatable bonds is 8. The van der Waals surface area contributed by atoms with Gasteiger partial charge in [-0.05, 0) is 35.4 Å². The first-order valence-corrected chi connectivity index (χ1v) is 14.2. The number of ether oxygens (including phenoxy) is 1. The van der Waals surface area contributed by atoms with Gasteiger partial charge in [-0.2, -0.15) is 4.39 Å². The maximum absolute atomic E-state index is 13.5. The molecule has 0 aliphatic heterocycles. The molecule has 3 aromatic rings. The molecule has 172 valence electrons. The number of ketones is 1. The van der Waals surface area contributed by atoms with Crippen LogP contribution in [-0.2, 0) is 11.2 Å². The molecule has 1 unspecified atom stereocenters. The molecule has 1 aromatic heterocycles. The fourth-order valence-electron chi connectivity index (χ4n) is 3.66. The van der Waals surface area contributed by atoms with Gasteiger partial charge < -0.3 is 9.64 Å². The summed E-state index contributed by atoms with van der Waals surface area (Å²) in [6, 6.07) is 16.9. The zero-order valence-corrected chi connectivity index (χ0v) is 20.6. The van der Waals surface area contributed by atoms with Crippen LogP contribution < -0.4 is 9.92 Å². The second-order valence-corrected chi connectivity index (χ2v) is 14.1. The summed E-state index contributed by atoms with van der Waals surface area (Å²) in [6.07, 6.45) is 1.36. The molecule has 7 heteroatoms. The summed E-state index contributed by atoms with van der Waals surface area (Å²) in [5.74, 6) is -0.542. The van der Waals surface area contributed by atoms with Crippen molar-refractivity contribution in [3.63, 3.8) is 0 Å². The summed E-state index contributed by atoms with van der Waals surface area (Å²) < 4.78 is 18.4. The number of amides is 1. The third-order valence-electron chi connectivity index (χ3n) is 5.62. The van der Waals surface area contributed by atoms with E-state index in [9.17, 15) is 14.0 Å². The van der Waals surface area contributed by atoms with E-state index in [1.165, 1.54) is 22.3 Å². The van der Waals surface area contributed by atoms with Crippen molar-refractivity contribution >= 4 is 25.0 Å². The first-order valence-electron chi connectivity index (χ1n) is 10.7. The van der Waals surface area contributed by atoms with Gasteiger partial charge in [-0.3, -0.25) is 9.59 Å². The first kappa shape index (κ1) is 24.3. The van der Waals surface area contributed by atoms with Crippen molar-refractivity contribution in [2.24, 2.45) is 0 Å². The highest BCUT2D eigenvalue weighted by Crippen LogP contribution is 2.26.